The molecule has 1 N–H and O–H groups in total. The Hall–Kier alpha value is -2.79. The standard InChI is InChI=1S/C22H24N2O3/c1-16(25)23-15-19-13-18-14-20(24-9-11-26-12-10-24)7-8-21(18)27-22(19)17-5-3-2-4-6-17/h2-8,13-14,22H,9-12,15H2,1H3,(H,23,25). The van der Waals surface area contributed by atoms with Crippen LogP contribution in [0.3, 0.4) is 0 Å². The molecule has 1 fully saturated rings. The van der Waals surface area contributed by atoms with Gasteiger partial charge in [-0.25, -0.2) is 0 Å². The van der Waals surface area contributed by atoms with Crippen LogP contribution in [0.2, 0.25) is 0 Å². The number of carbonyl (C=O) groups is 1. The van der Waals surface area contributed by atoms with Crippen LogP contribution in [0.4, 0.5) is 5.69 Å². The number of carbonyl (C=O) groups excluding carboxylic acids is 1. The largest absolute Gasteiger partial charge is 0.481 e. The van der Waals surface area contributed by atoms with Crippen LogP contribution in [-0.2, 0) is 9.53 Å². The highest BCUT2D eigenvalue weighted by molar-refractivity contribution is 5.74. The van der Waals surface area contributed by atoms with Gasteiger partial charge in [-0.15, -0.1) is 0 Å². The molecule has 0 aromatic heterocycles. The molecule has 2 heterocycles. The van der Waals surface area contributed by atoms with Crippen LogP contribution in [0.15, 0.2) is 54.1 Å². The van der Waals surface area contributed by atoms with Crippen LogP contribution in [0.1, 0.15) is 24.2 Å². The average Bonchev–Trinajstić information content (AvgIpc) is 2.72. The molecule has 5 nitrogen and oxygen atoms in total. The number of hydrogen-bond donors (Lipinski definition) is 1. The Labute approximate surface area is 159 Å². The highest BCUT2D eigenvalue weighted by Crippen LogP contribution is 2.38. The van der Waals surface area contributed by atoms with Crippen molar-refractivity contribution in [1.82, 2.24) is 5.32 Å². The van der Waals surface area contributed by atoms with Crippen LogP contribution in [0.25, 0.3) is 6.08 Å². The normalized spacial score (nSPS) is 18.9. The number of benzene rings is 2. The number of ether oxygens (including phenoxy) is 2. The second-order valence-electron chi connectivity index (χ2n) is 6.86. The zero-order chi connectivity index (χ0) is 18.6. The molecule has 0 spiro atoms. The van der Waals surface area contributed by atoms with Crippen molar-refractivity contribution in [2.75, 3.05) is 37.7 Å². The van der Waals surface area contributed by atoms with E-state index in [9.17, 15) is 4.79 Å². The summed E-state index contributed by atoms with van der Waals surface area (Å²) in [5, 5.41) is 2.91. The third-order valence-electron chi connectivity index (χ3n) is 4.94. The molecule has 1 atom stereocenters. The van der Waals surface area contributed by atoms with Crippen molar-refractivity contribution < 1.29 is 14.3 Å². The van der Waals surface area contributed by atoms with E-state index in [0.717, 1.165) is 48.8 Å². The number of anilines is 1. The lowest BCUT2D eigenvalue weighted by atomic mass is 9.95. The lowest BCUT2D eigenvalue weighted by Crippen LogP contribution is -2.36. The monoisotopic (exact) mass is 364 g/mol. The lowest BCUT2D eigenvalue weighted by molar-refractivity contribution is -0.118. The third-order valence-corrected chi connectivity index (χ3v) is 4.94. The van der Waals surface area contributed by atoms with Gasteiger partial charge in [0.25, 0.3) is 0 Å². The molecule has 2 aromatic carbocycles. The molecule has 1 amide bonds. The molecule has 1 saturated heterocycles. The Morgan fingerprint density at radius 2 is 1.93 bits per heavy atom. The number of nitrogens with one attached hydrogen (secondary N) is 1. The Bertz CT molecular complexity index is 842. The summed E-state index contributed by atoms with van der Waals surface area (Å²) in [7, 11) is 0. The van der Waals surface area contributed by atoms with Crippen LogP contribution in [0.5, 0.6) is 5.75 Å². The van der Waals surface area contributed by atoms with E-state index in [4.69, 9.17) is 9.47 Å². The molecule has 1 unspecified atom stereocenters. The fourth-order valence-electron chi connectivity index (χ4n) is 3.53. The van der Waals surface area contributed by atoms with Gasteiger partial charge < -0.3 is 19.7 Å². The van der Waals surface area contributed by atoms with E-state index in [0.29, 0.717) is 6.54 Å². The van der Waals surface area contributed by atoms with Gasteiger partial charge in [0.05, 0.1) is 13.2 Å². The maximum Gasteiger partial charge on any atom is 0.217 e. The molecule has 2 aliphatic heterocycles. The van der Waals surface area contributed by atoms with Gasteiger partial charge in [0.2, 0.25) is 5.91 Å². The molecule has 140 valence electrons. The van der Waals surface area contributed by atoms with E-state index < -0.39 is 0 Å². The van der Waals surface area contributed by atoms with Gasteiger partial charge in [-0.2, -0.15) is 0 Å². The number of amides is 1. The van der Waals surface area contributed by atoms with Gasteiger partial charge in [0.1, 0.15) is 11.9 Å². The van der Waals surface area contributed by atoms with Crippen molar-refractivity contribution in [2.45, 2.75) is 13.0 Å². The summed E-state index contributed by atoms with van der Waals surface area (Å²) in [5.41, 5.74) is 4.35. The fourth-order valence-corrected chi connectivity index (χ4v) is 3.53. The summed E-state index contributed by atoms with van der Waals surface area (Å²) in [4.78, 5) is 13.8. The smallest absolute Gasteiger partial charge is 0.217 e. The van der Waals surface area contributed by atoms with E-state index in [1.165, 1.54) is 12.6 Å². The van der Waals surface area contributed by atoms with Crippen molar-refractivity contribution >= 4 is 17.7 Å². The van der Waals surface area contributed by atoms with Gasteiger partial charge in [-0.1, -0.05) is 30.3 Å². The molecular weight excluding hydrogens is 340 g/mol. The van der Waals surface area contributed by atoms with Gasteiger partial charge in [-0.05, 0) is 35.4 Å². The van der Waals surface area contributed by atoms with Crippen molar-refractivity contribution in [3.8, 4) is 5.75 Å². The zero-order valence-corrected chi connectivity index (χ0v) is 15.5. The Morgan fingerprint density at radius 1 is 1.15 bits per heavy atom. The van der Waals surface area contributed by atoms with Gasteiger partial charge in [0, 0.05) is 37.8 Å². The molecule has 0 aliphatic carbocycles. The van der Waals surface area contributed by atoms with Crippen molar-refractivity contribution in [1.29, 1.82) is 0 Å². The van der Waals surface area contributed by atoms with E-state index in [1.807, 2.05) is 24.3 Å². The first-order chi connectivity index (χ1) is 13.2. The van der Waals surface area contributed by atoms with E-state index in [2.05, 4.69) is 40.6 Å². The second-order valence-corrected chi connectivity index (χ2v) is 6.86. The van der Waals surface area contributed by atoms with Gasteiger partial charge >= 0.3 is 0 Å². The Balaban J connectivity index is 1.66. The summed E-state index contributed by atoms with van der Waals surface area (Å²) in [5.74, 6) is 0.822. The minimum atomic E-state index is -0.195. The fraction of sp³-hybridized carbons (Fsp3) is 0.318. The quantitative estimate of drug-likeness (QED) is 0.905. The first-order valence-electron chi connectivity index (χ1n) is 9.34. The Morgan fingerprint density at radius 3 is 2.67 bits per heavy atom. The molecule has 0 radical (unpaired) electrons. The minimum Gasteiger partial charge on any atom is -0.481 e. The SMILES string of the molecule is CC(=O)NCC1=Cc2cc(N3CCOCC3)ccc2OC1c1ccccc1. The van der Waals surface area contributed by atoms with Gasteiger partial charge in [0.15, 0.2) is 0 Å². The molecule has 5 heteroatoms. The van der Waals surface area contributed by atoms with E-state index >= 15 is 0 Å². The predicted octanol–water partition coefficient (Wildman–Crippen LogP) is 3.18. The molecule has 0 bridgehead atoms. The highest BCUT2D eigenvalue weighted by Gasteiger charge is 2.25. The van der Waals surface area contributed by atoms with Crippen molar-refractivity contribution in [3.05, 3.63) is 65.2 Å². The molecule has 2 aromatic rings. The Kier molecular flexibility index (Phi) is 5.12. The van der Waals surface area contributed by atoms with Crippen molar-refractivity contribution in [3.63, 3.8) is 0 Å². The lowest BCUT2D eigenvalue weighted by Gasteiger charge is -2.31. The second kappa shape index (κ2) is 7.84. The molecule has 27 heavy (non-hydrogen) atoms. The first kappa shape index (κ1) is 17.6. The predicted molar refractivity (Wildman–Crippen MR) is 106 cm³/mol. The first-order valence-corrected chi connectivity index (χ1v) is 9.34. The number of fused-ring (bicyclic) bond motifs is 1. The maximum absolute atomic E-state index is 11.4. The average molecular weight is 364 g/mol. The maximum atomic E-state index is 11.4. The number of hydrogen-bond acceptors (Lipinski definition) is 4. The zero-order valence-electron chi connectivity index (χ0n) is 15.5. The third kappa shape index (κ3) is 3.98. The highest BCUT2D eigenvalue weighted by atomic mass is 16.5. The molecule has 4 rings (SSSR count). The van der Waals surface area contributed by atoms with Crippen LogP contribution < -0.4 is 15.0 Å². The van der Waals surface area contributed by atoms with Gasteiger partial charge in [-0.3, -0.25) is 4.79 Å². The topological polar surface area (TPSA) is 50.8 Å². The van der Waals surface area contributed by atoms with Crippen LogP contribution in [0, 0.1) is 0 Å². The van der Waals surface area contributed by atoms with E-state index in [1.54, 1.807) is 0 Å². The number of nitrogens with zero attached hydrogens (tertiary/aromatic N) is 1. The number of morpholine rings is 1. The van der Waals surface area contributed by atoms with Crippen molar-refractivity contribution in [2.24, 2.45) is 0 Å². The molecule has 2 aliphatic rings. The summed E-state index contributed by atoms with van der Waals surface area (Å²) in [6.07, 6.45) is 1.95. The summed E-state index contributed by atoms with van der Waals surface area (Å²) < 4.78 is 11.8. The van der Waals surface area contributed by atoms with E-state index in [-0.39, 0.29) is 12.0 Å². The summed E-state index contributed by atoms with van der Waals surface area (Å²) in [6, 6.07) is 16.4. The summed E-state index contributed by atoms with van der Waals surface area (Å²) >= 11 is 0. The summed E-state index contributed by atoms with van der Waals surface area (Å²) in [6.45, 7) is 5.31. The molecular formula is C22H24N2O3. The van der Waals surface area contributed by atoms with Crippen LogP contribution in [-0.4, -0.2) is 38.8 Å². The number of rotatable bonds is 4. The minimum absolute atomic E-state index is 0.0458. The molecule has 0 saturated carbocycles. The van der Waals surface area contributed by atoms with Crippen LogP contribution >= 0.6 is 0 Å².